The third-order valence-electron chi connectivity index (χ3n) is 2.24. The first kappa shape index (κ1) is 12.0. The molecule has 0 bridgehead atoms. The summed E-state index contributed by atoms with van der Waals surface area (Å²) in [5.74, 6) is -0.103. The number of benzene rings is 1. The summed E-state index contributed by atoms with van der Waals surface area (Å²) < 4.78 is 1.04. The van der Waals surface area contributed by atoms with E-state index in [0.29, 0.717) is 5.56 Å². The Morgan fingerprint density at radius 2 is 2.12 bits per heavy atom. The molecule has 86 valence electrons. The van der Waals surface area contributed by atoms with Gasteiger partial charge in [-0.25, -0.2) is 0 Å². The zero-order valence-corrected chi connectivity index (χ0v) is 11.4. The minimum absolute atomic E-state index is 0.103. The van der Waals surface area contributed by atoms with Gasteiger partial charge in [-0.05, 0) is 59.8 Å². The van der Waals surface area contributed by atoms with E-state index in [1.807, 2.05) is 31.2 Å². The van der Waals surface area contributed by atoms with Gasteiger partial charge in [-0.15, -0.1) is 0 Å². The summed E-state index contributed by atoms with van der Waals surface area (Å²) in [5, 5.41) is 2.84. The van der Waals surface area contributed by atoms with Crippen LogP contribution in [0.4, 0.5) is 5.69 Å². The van der Waals surface area contributed by atoms with Gasteiger partial charge in [0, 0.05) is 26.7 Å². The van der Waals surface area contributed by atoms with E-state index in [4.69, 9.17) is 0 Å². The zero-order valence-electron chi connectivity index (χ0n) is 9.27. The van der Waals surface area contributed by atoms with Crippen molar-refractivity contribution in [1.29, 1.82) is 0 Å². The van der Waals surface area contributed by atoms with E-state index in [-0.39, 0.29) is 5.91 Å². The van der Waals surface area contributed by atoms with Gasteiger partial charge in [0.1, 0.15) is 0 Å². The Morgan fingerprint density at radius 1 is 1.29 bits per heavy atom. The maximum Gasteiger partial charge on any atom is 0.255 e. The summed E-state index contributed by atoms with van der Waals surface area (Å²) in [4.78, 5) is 16.0. The number of carbonyl (C=O) groups excluding carboxylic acids is 1. The molecule has 1 heterocycles. The van der Waals surface area contributed by atoms with Gasteiger partial charge in [0.2, 0.25) is 0 Å². The smallest absolute Gasteiger partial charge is 0.255 e. The molecule has 2 aromatic rings. The number of hydrogen-bond acceptors (Lipinski definition) is 2. The molecule has 1 aromatic carbocycles. The molecule has 3 nitrogen and oxygen atoms in total. The van der Waals surface area contributed by atoms with Crippen LogP contribution in [-0.2, 0) is 0 Å². The lowest BCUT2D eigenvalue weighted by Crippen LogP contribution is -2.12. The van der Waals surface area contributed by atoms with Gasteiger partial charge in [-0.1, -0.05) is 6.07 Å². The van der Waals surface area contributed by atoms with Gasteiger partial charge < -0.3 is 5.32 Å². The standard InChI is InChI=1S/C13H11IN2O/c1-9-7-12(5-6-15-9)16-13(17)10-3-2-4-11(14)8-10/h2-8H,1H3,(H,15,16,17). The second-order valence-electron chi connectivity index (χ2n) is 3.65. The number of rotatable bonds is 2. The van der Waals surface area contributed by atoms with Crippen molar-refractivity contribution in [3.63, 3.8) is 0 Å². The fourth-order valence-electron chi connectivity index (χ4n) is 1.46. The van der Waals surface area contributed by atoms with Crippen molar-refractivity contribution in [2.45, 2.75) is 6.92 Å². The van der Waals surface area contributed by atoms with E-state index in [9.17, 15) is 4.79 Å². The molecule has 4 heteroatoms. The van der Waals surface area contributed by atoms with Crippen LogP contribution in [0.1, 0.15) is 16.1 Å². The zero-order chi connectivity index (χ0) is 12.3. The highest BCUT2D eigenvalue weighted by Gasteiger charge is 2.06. The van der Waals surface area contributed by atoms with Gasteiger partial charge in [0.25, 0.3) is 5.91 Å². The van der Waals surface area contributed by atoms with Gasteiger partial charge in [0.05, 0.1) is 0 Å². The Balaban J connectivity index is 2.17. The van der Waals surface area contributed by atoms with Crippen molar-refractivity contribution in [2.75, 3.05) is 5.32 Å². The molecule has 0 unspecified atom stereocenters. The van der Waals surface area contributed by atoms with Gasteiger partial charge in [-0.2, -0.15) is 0 Å². The molecule has 0 aliphatic rings. The highest BCUT2D eigenvalue weighted by molar-refractivity contribution is 14.1. The molecule has 0 aliphatic carbocycles. The maximum atomic E-state index is 11.9. The molecule has 1 aromatic heterocycles. The van der Waals surface area contributed by atoms with Crippen molar-refractivity contribution in [1.82, 2.24) is 4.98 Å². The molecular weight excluding hydrogens is 327 g/mol. The number of amides is 1. The Bertz CT molecular complexity index is 555. The summed E-state index contributed by atoms with van der Waals surface area (Å²) in [5.41, 5.74) is 2.30. The third kappa shape index (κ3) is 3.26. The minimum atomic E-state index is -0.103. The van der Waals surface area contributed by atoms with Crippen LogP contribution < -0.4 is 5.32 Å². The summed E-state index contributed by atoms with van der Waals surface area (Å²) in [6, 6.07) is 11.1. The summed E-state index contributed by atoms with van der Waals surface area (Å²) in [6.45, 7) is 1.89. The Labute approximate surface area is 113 Å². The van der Waals surface area contributed by atoms with E-state index in [2.05, 4.69) is 32.9 Å². The number of pyridine rings is 1. The molecule has 1 N–H and O–H groups in total. The molecule has 0 fully saturated rings. The molecule has 2 rings (SSSR count). The number of nitrogens with zero attached hydrogens (tertiary/aromatic N) is 1. The van der Waals surface area contributed by atoms with Crippen LogP contribution in [0.3, 0.4) is 0 Å². The molecule has 0 saturated heterocycles. The quantitative estimate of drug-likeness (QED) is 0.854. The van der Waals surface area contributed by atoms with Crippen LogP contribution in [0.15, 0.2) is 42.6 Å². The maximum absolute atomic E-state index is 11.9. The third-order valence-corrected chi connectivity index (χ3v) is 2.91. The highest BCUT2D eigenvalue weighted by atomic mass is 127. The number of halogens is 1. The van der Waals surface area contributed by atoms with Gasteiger partial charge in [-0.3, -0.25) is 9.78 Å². The molecule has 0 radical (unpaired) electrons. The van der Waals surface area contributed by atoms with E-state index in [1.165, 1.54) is 0 Å². The second kappa shape index (κ2) is 5.27. The van der Waals surface area contributed by atoms with Crippen LogP contribution in [0.5, 0.6) is 0 Å². The molecule has 0 aliphatic heterocycles. The monoisotopic (exact) mass is 338 g/mol. The fraction of sp³-hybridized carbons (Fsp3) is 0.0769. The van der Waals surface area contributed by atoms with Crippen molar-refractivity contribution >= 4 is 34.2 Å². The van der Waals surface area contributed by atoms with E-state index >= 15 is 0 Å². The minimum Gasteiger partial charge on any atom is -0.322 e. The van der Waals surface area contributed by atoms with Crippen molar-refractivity contribution < 1.29 is 4.79 Å². The first-order valence-electron chi connectivity index (χ1n) is 5.15. The predicted molar refractivity (Wildman–Crippen MR) is 76.1 cm³/mol. The average Bonchev–Trinajstić information content (AvgIpc) is 2.29. The van der Waals surface area contributed by atoms with Crippen LogP contribution >= 0.6 is 22.6 Å². The van der Waals surface area contributed by atoms with Crippen LogP contribution in [0, 0.1) is 10.5 Å². The fourth-order valence-corrected chi connectivity index (χ4v) is 2.00. The number of aryl methyl sites for hydroxylation is 1. The molecule has 0 saturated carbocycles. The Hall–Kier alpha value is -1.43. The molecule has 0 spiro atoms. The van der Waals surface area contributed by atoms with Crippen LogP contribution in [0.25, 0.3) is 0 Å². The predicted octanol–water partition coefficient (Wildman–Crippen LogP) is 3.25. The first-order chi connectivity index (χ1) is 8.15. The number of hydrogen-bond donors (Lipinski definition) is 1. The highest BCUT2D eigenvalue weighted by Crippen LogP contribution is 2.12. The number of aromatic nitrogens is 1. The van der Waals surface area contributed by atoms with Crippen molar-refractivity contribution in [3.05, 3.63) is 57.4 Å². The van der Waals surface area contributed by atoms with Crippen LogP contribution in [0.2, 0.25) is 0 Å². The normalized spacial score (nSPS) is 10.0. The van der Waals surface area contributed by atoms with E-state index in [1.54, 1.807) is 18.3 Å². The largest absolute Gasteiger partial charge is 0.322 e. The van der Waals surface area contributed by atoms with E-state index < -0.39 is 0 Å². The van der Waals surface area contributed by atoms with Crippen molar-refractivity contribution in [2.24, 2.45) is 0 Å². The molecular formula is C13H11IN2O. The second-order valence-corrected chi connectivity index (χ2v) is 4.90. The van der Waals surface area contributed by atoms with E-state index in [0.717, 1.165) is 15.0 Å². The lowest BCUT2D eigenvalue weighted by atomic mass is 10.2. The van der Waals surface area contributed by atoms with Gasteiger partial charge in [0.15, 0.2) is 0 Å². The lowest BCUT2D eigenvalue weighted by Gasteiger charge is -2.05. The van der Waals surface area contributed by atoms with Gasteiger partial charge >= 0.3 is 0 Å². The van der Waals surface area contributed by atoms with Crippen LogP contribution in [-0.4, -0.2) is 10.9 Å². The number of anilines is 1. The summed E-state index contributed by atoms with van der Waals surface area (Å²) in [6.07, 6.45) is 1.68. The summed E-state index contributed by atoms with van der Waals surface area (Å²) in [7, 11) is 0. The lowest BCUT2D eigenvalue weighted by molar-refractivity contribution is 0.102. The Kier molecular flexibility index (Phi) is 3.73. The Morgan fingerprint density at radius 3 is 2.82 bits per heavy atom. The number of carbonyl (C=O) groups is 1. The number of nitrogens with one attached hydrogen (secondary N) is 1. The summed E-state index contributed by atoms with van der Waals surface area (Å²) >= 11 is 2.19. The average molecular weight is 338 g/mol. The molecule has 0 atom stereocenters. The first-order valence-corrected chi connectivity index (χ1v) is 6.22. The molecule has 1 amide bonds. The SMILES string of the molecule is Cc1cc(NC(=O)c2cccc(I)c2)ccn1. The molecule has 17 heavy (non-hydrogen) atoms. The topological polar surface area (TPSA) is 42.0 Å². The van der Waals surface area contributed by atoms with Crippen molar-refractivity contribution in [3.8, 4) is 0 Å².